The Balaban J connectivity index is 2.10. The number of rotatable bonds is 7. The predicted octanol–water partition coefficient (Wildman–Crippen LogP) is 1.06. The largest absolute Gasteiger partial charge is 0.376 e. The highest BCUT2D eigenvalue weighted by atomic mass is 16.5. The third-order valence-corrected chi connectivity index (χ3v) is 2.35. The fourth-order valence-corrected chi connectivity index (χ4v) is 1.34. The topological polar surface area (TPSA) is 64.3 Å². The minimum Gasteiger partial charge on any atom is -0.376 e. The molecule has 4 nitrogen and oxygen atoms in total. The quantitative estimate of drug-likeness (QED) is 0.696. The van der Waals surface area contributed by atoms with Crippen LogP contribution < -0.4 is 11.1 Å². The first-order chi connectivity index (χ1) is 8.22. The van der Waals surface area contributed by atoms with Crippen LogP contribution in [0, 0.1) is 0 Å². The second-order valence-electron chi connectivity index (χ2n) is 3.99. The normalized spacial score (nSPS) is 12.1. The lowest BCUT2D eigenvalue weighted by Gasteiger charge is -2.11. The van der Waals surface area contributed by atoms with Gasteiger partial charge in [0.25, 0.3) is 0 Å². The van der Waals surface area contributed by atoms with Crippen LogP contribution in [0.1, 0.15) is 18.9 Å². The number of benzene rings is 1. The molecule has 0 spiro atoms. The molecule has 1 aromatic rings. The number of hydrogen-bond acceptors (Lipinski definition) is 3. The Labute approximate surface area is 102 Å². The molecule has 0 fully saturated rings. The third-order valence-electron chi connectivity index (χ3n) is 2.35. The van der Waals surface area contributed by atoms with Crippen LogP contribution in [0.25, 0.3) is 0 Å². The number of carbonyl (C=O) groups is 1. The summed E-state index contributed by atoms with van der Waals surface area (Å²) in [6, 6.07) is 9.91. The van der Waals surface area contributed by atoms with Gasteiger partial charge in [0.15, 0.2) is 0 Å². The van der Waals surface area contributed by atoms with Gasteiger partial charge in [-0.1, -0.05) is 30.3 Å². The maximum atomic E-state index is 11.4. The molecule has 0 heterocycles. The zero-order valence-electron chi connectivity index (χ0n) is 10.2. The molecule has 3 N–H and O–H groups in total. The molecule has 0 aliphatic carbocycles. The molecule has 1 amide bonds. The van der Waals surface area contributed by atoms with E-state index in [0.717, 1.165) is 5.56 Å². The number of carbonyl (C=O) groups excluding carboxylic acids is 1. The molecular weight excluding hydrogens is 216 g/mol. The van der Waals surface area contributed by atoms with Crippen LogP contribution in [-0.4, -0.2) is 25.1 Å². The van der Waals surface area contributed by atoms with E-state index in [1.54, 1.807) is 0 Å². The first-order valence-corrected chi connectivity index (χ1v) is 5.83. The molecule has 1 aromatic carbocycles. The minimum atomic E-state index is -0.0176. The van der Waals surface area contributed by atoms with Crippen molar-refractivity contribution in [1.29, 1.82) is 0 Å². The van der Waals surface area contributed by atoms with Crippen molar-refractivity contribution in [3.8, 4) is 0 Å². The molecule has 4 heteroatoms. The van der Waals surface area contributed by atoms with Gasteiger partial charge in [-0.3, -0.25) is 4.79 Å². The van der Waals surface area contributed by atoms with Gasteiger partial charge >= 0.3 is 0 Å². The summed E-state index contributed by atoms with van der Waals surface area (Å²) in [5, 5.41) is 2.78. The van der Waals surface area contributed by atoms with Gasteiger partial charge in [-0.15, -0.1) is 0 Å². The standard InChI is InChI=1S/C13H20N2O2/c1-11(9-14)15-13(16)7-8-17-10-12-5-3-2-4-6-12/h2-6,11H,7-10,14H2,1H3,(H,15,16)/t11-/m0/s1. The van der Waals surface area contributed by atoms with Crippen LogP contribution in [0.2, 0.25) is 0 Å². The molecule has 0 saturated carbocycles. The monoisotopic (exact) mass is 236 g/mol. The fraction of sp³-hybridized carbons (Fsp3) is 0.462. The first-order valence-electron chi connectivity index (χ1n) is 5.83. The van der Waals surface area contributed by atoms with Crippen LogP contribution in [0.15, 0.2) is 30.3 Å². The summed E-state index contributed by atoms with van der Waals surface area (Å²) in [6.45, 7) is 3.30. The third kappa shape index (κ3) is 6.04. The molecule has 0 unspecified atom stereocenters. The van der Waals surface area contributed by atoms with Crippen LogP contribution in [0.4, 0.5) is 0 Å². The highest BCUT2D eigenvalue weighted by Crippen LogP contribution is 2.00. The van der Waals surface area contributed by atoms with E-state index in [-0.39, 0.29) is 11.9 Å². The summed E-state index contributed by atoms with van der Waals surface area (Å²) in [6.07, 6.45) is 0.372. The molecule has 0 bridgehead atoms. The van der Waals surface area contributed by atoms with Crippen molar-refractivity contribution < 1.29 is 9.53 Å². The van der Waals surface area contributed by atoms with E-state index in [9.17, 15) is 4.79 Å². The fourth-order valence-electron chi connectivity index (χ4n) is 1.34. The van der Waals surface area contributed by atoms with E-state index in [0.29, 0.717) is 26.2 Å². The molecule has 0 aliphatic rings. The zero-order chi connectivity index (χ0) is 12.5. The lowest BCUT2D eigenvalue weighted by Crippen LogP contribution is -2.38. The average Bonchev–Trinajstić information content (AvgIpc) is 2.36. The molecule has 17 heavy (non-hydrogen) atoms. The van der Waals surface area contributed by atoms with Crippen LogP contribution >= 0.6 is 0 Å². The Morgan fingerprint density at radius 3 is 2.76 bits per heavy atom. The van der Waals surface area contributed by atoms with Crippen molar-refractivity contribution >= 4 is 5.91 Å². The van der Waals surface area contributed by atoms with E-state index < -0.39 is 0 Å². The van der Waals surface area contributed by atoms with Gasteiger partial charge in [-0.25, -0.2) is 0 Å². The van der Waals surface area contributed by atoms with Crippen molar-refractivity contribution in [1.82, 2.24) is 5.32 Å². The van der Waals surface area contributed by atoms with Gasteiger partial charge in [0.1, 0.15) is 0 Å². The number of amides is 1. The molecule has 94 valence electrons. The molecule has 1 atom stereocenters. The predicted molar refractivity (Wildman–Crippen MR) is 67.4 cm³/mol. The van der Waals surface area contributed by atoms with Crippen molar-refractivity contribution in [3.05, 3.63) is 35.9 Å². The average molecular weight is 236 g/mol. The molecule has 0 aliphatic heterocycles. The van der Waals surface area contributed by atoms with Gasteiger partial charge in [0, 0.05) is 19.0 Å². The van der Waals surface area contributed by atoms with Crippen molar-refractivity contribution in [2.24, 2.45) is 5.73 Å². The number of hydrogen-bond donors (Lipinski definition) is 2. The van der Waals surface area contributed by atoms with E-state index in [1.807, 2.05) is 37.3 Å². The highest BCUT2D eigenvalue weighted by molar-refractivity contribution is 5.76. The maximum Gasteiger partial charge on any atom is 0.222 e. The summed E-state index contributed by atoms with van der Waals surface area (Å²) in [5.41, 5.74) is 6.52. The Kier molecular flexibility index (Phi) is 6.29. The highest BCUT2D eigenvalue weighted by Gasteiger charge is 2.04. The zero-order valence-corrected chi connectivity index (χ0v) is 10.2. The summed E-state index contributed by atoms with van der Waals surface area (Å²) in [4.78, 5) is 11.4. The van der Waals surface area contributed by atoms with E-state index >= 15 is 0 Å². The summed E-state index contributed by atoms with van der Waals surface area (Å²) in [5.74, 6) is -0.0176. The van der Waals surface area contributed by atoms with Gasteiger partial charge in [-0.2, -0.15) is 0 Å². The number of nitrogens with two attached hydrogens (primary N) is 1. The second-order valence-corrected chi connectivity index (χ2v) is 3.99. The van der Waals surface area contributed by atoms with Gasteiger partial charge < -0.3 is 15.8 Å². The minimum absolute atomic E-state index is 0.0176. The molecule has 1 rings (SSSR count). The second kappa shape index (κ2) is 7.81. The maximum absolute atomic E-state index is 11.4. The lowest BCUT2D eigenvalue weighted by atomic mass is 10.2. The van der Waals surface area contributed by atoms with Crippen LogP contribution in [-0.2, 0) is 16.1 Å². The molecule has 0 radical (unpaired) electrons. The van der Waals surface area contributed by atoms with Crippen molar-refractivity contribution in [2.45, 2.75) is 26.0 Å². The lowest BCUT2D eigenvalue weighted by molar-refractivity contribution is -0.122. The first kappa shape index (κ1) is 13.7. The number of ether oxygens (including phenoxy) is 1. The SMILES string of the molecule is C[C@@H](CN)NC(=O)CCOCc1ccccc1. The summed E-state index contributed by atoms with van der Waals surface area (Å²) >= 11 is 0. The Morgan fingerprint density at radius 1 is 1.41 bits per heavy atom. The van der Waals surface area contributed by atoms with Crippen LogP contribution in [0.3, 0.4) is 0 Å². The van der Waals surface area contributed by atoms with Crippen LogP contribution in [0.5, 0.6) is 0 Å². The van der Waals surface area contributed by atoms with E-state index in [2.05, 4.69) is 5.32 Å². The van der Waals surface area contributed by atoms with Crippen molar-refractivity contribution in [3.63, 3.8) is 0 Å². The molecule has 0 aromatic heterocycles. The van der Waals surface area contributed by atoms with Gasteiger partial charge in [-0.05, 0) is 12.5 Å². The molecular formula is C13H20N2O2. The Hall–Kier alpha value is -1.39. The van der Waals surface area contributed by atoms with E-state index in [4.69, 9.17) is 10.5 Å². The molecule has 0 saturated heterocycles. The Morgan fingerprint density at radius 2 is 2.12 bits per heavy atom. The Bertz CT molecular complexity index is 327. The smallest absolute Gasteiger partial charge is 0.222 e. The van der Waals surface area contributed by atoms with Gasteiger partial charge in [0.2, 0.25) is 5.91 Å². The summed E-state index contributed by atoms with van der Waals surface area (Å²) in [7, 11) is 0. The van der Waals surface area contributed by atoms with Crippen molar-refractivity contribution in [2.75, 3.05) is 13.2 Å². The van der Waals surface area contributed by atoms with Gasteiger partial charge in [0.05, 0.1) is 13.2 Å². The number of nitrogens with one attached hydrogen (secondary N) is 1. The summed E-state index contributed by atoms with van der Waals surface area (Å²) < 4.78 is 5.41. The van der Waals surface area contributed by atoms with E-state index in [1.165, 1.54) is 0 Å².